The first kappa shape index (κ1) is 11.3. The molecule has 1 aromatic carbocycles. The zero-order valence-electron chi connectivity index (χ0n) is 9.56. The van der Waals surface area contributed by atoms with E-state index in [9.17, 15) is 14.4 Å². The molecule has 0 spiro atoms. The van der Waals surface area contributed by atoms with Crippen molar-refractivity contribution in [2.45, 2.75) is 19.9 Å². The summed E-state index contributed by atoms with van der Waals surface area (Å²) in [5, 5.41) is 1.99. The fourth-order valence-corrected chi connectivity index (χ4v) is 1.96. The predicted molar refractivity (Wildman–Crippen MR) is 60.0 cm³/mol. The molecule has 1 N–H and O–H groups in total. The Morgan fingerprint density at radius 3 is 2.35 bits per heavy atom. The van der Waals surface area contributed by atoms with E-state index in [-0.39, 0.29) is 0 Å². The Labute approximate surface area is 98.4 Å². The zero-order chi connectivity index (χ0) is 12.6. The molecular formula is C12H12N2O3. The van der Waals surface area contributed by atoms with Crippen molar-refractivity contribution in [1.82, 2.24) is 10.2 Å². The molecule has 0 bridgehead atoms. The Balaban J connectivity index is 2.36. The monoisotopic (exact) mass is 232 g/mol. The highest BCUT2D eigenvalue weighted by Gasteiger charge is 2.40. The topological polar surface area (TPSA) is 66.5 Å². The third kappa shape index (κ3) is 1.80. The van der Waals surface area contributed by atoms with Gasteiger partial charge in [0.25, 0.3) is 0 Å². The fraction of sp³-hybridized carbons (Fsp3) is 0.250. The number of aryl methyl sites for hydroxylation is 1. The lowest BCUT2D eigenvalue weighted by atomic mass is 10.0. The van der Waals surface area contributed by atoms with Crippen molar-refractivity contribution in [3.8, 4) is 0 Å². The minimum atomic E-state index is -0.865. The molecule has 5 nitrogen and oxygen atoms in total. The van der Waals surface area contributed by atoms with Crippen molar-refractivity contribution < 1.29 is 14.4 Å². The van der Waals surface area contributed by atoms with Crippen LogP contribution in [0.25, 0.3) is 0 Å². The van der Waals surface area contributed by atoms with E-state index in [1.165, 1.54) is 0 Å². The number of hydrogen-bond donors (Lipinski definition) is 1. The van der Waals surface area contributed by atoms with E-state index in [1.54, 1.807) is 6.92 Å². The molecule has 1 saturated heterocycles. The minimum Gasteiger partial charge on any atom is -0.269 e. The number of benzene rings is 1. The zero-order valence-corrected chi connectivity index (χ0v) is 9.56. The Hall–Kier alpha value is -2.17. The Morgan fingerprint density at radius 2 is 1.82 bits per heavy atom. The van der Waals surface area contributed by atoms with E-state index in [0.29, 0.717) is 0 Å². The highest BCUT2D eigenvalue weighted by atomic mass is 16.2. The molecule has 4 amide bonds. The predicted octanol–water partition coefficient (Wildman–Crippen LogP) is 1.13. The summed E-state index contributed by atoms with van der Waals surface area (Å²) >= 11 is 0. The van der Waals surface area contributed by atoms with Crippen LogP contribution in [0.4, 0.5) is 4.79 Å². The molecule has 2 rings (SSSR count). The van der Waals surface area contributed by atoms with Gasteiger partial charge in [-0.25, -0.2) is 9.69 Å². The van der Waals surface area contributed by atoms with Gasteiger partial charge in [0.2, 0.25) is 0 Å². The Bertz CT molecular complexity index is 510. The van der Waals surface area contributed by atoms with Gasteiger partial charge in [-0.2, -0.15) is 0 Å². The third-order valence-corrected chi connectivity index (χ3v) is 2.88. The van der Waals surface area contributed by atoms with Gasteiger partial charge in [0.05, 0.1) is 6.04 Å². The molecular weight excluding hydrogens is 220 g/mol. The minimum absolute atomic E-state index is 0.449. The number of imide groups is 2. The number of carbonyl (C=O) groups is 3. The molecule has 1 aliphatic rings. The van der Waals surface area contributed by atoms with Crippen molar-refractivity contribution in [2.24, 2.45) is 0 Å². The van der Waals surface area contributed by atoms with Gasteiger partial charge >= 0.3 is 17.8 Å². The van der Waals surface area contributed by atoms with Crippen LogP contribution in [-0.2, 0) is 9.59 Å². The molecule has 1 heterocycles. The van der Waals surface area contributed by atoms with E-state index in [2.05, 4.69) is 0 Å². The highest BCUT2D eigenvalue weighted by Crippen LogP contribution is 2.25. The van der Waals surface area contributed by atoms with Crippen LogP contribution in [0.3, 0.4) is 0 Å². The molecule has 1 aliphatic heterocycles. The van der Waals surface area contributed by atoms with Gasteiger partial charge in [-0.05, 0) is 25.0 Å². The van der Waals surface area contributed by atoms with Crippen LogP contribution in [0.2, 0.25) is 0 Å². The summed E-state index contributed by atoms with van der Waals surface area (Å²) in [6.07, 6.45) is 0. The van der Waals surface area contributed by atoms with Crippen molar-refractivity contribution in [2.75, 3.05) is 0 Å². The SMILES string of the molecule is Cc1ccccc1C(C)N1C(=O)NC(=O)C1=O. The molecule has 1 atom stereocenters. The Kier molecular flexibility index (Phi) is 2.67. The van der Waals surface area contributed by atoms with E-state index in [0.717, 1.165) is 16.0 Å². The average Bonchev–Trinajstić information content (AvgIpc) is 2.53. The molecule has 1 unspecified atom stereocenters. The molecule has 0 radical (unpaired) electrons. The maximum Gasteiger partial charge on any atom is 0.332 e. The van der Waals surface area contributed by atoms with Crippen LogP contribution in [0.15, 0.2) is 24.3 Å². The van der Waals surface area contributed by atoms with Crippen molar-refractivity contribution in [3.05, 3.63) is 35.4 Å². The second-order valence-electron chi connectivity index (χ2n) is 3.97. The maximum absolute atomic E-state index is 11.5. The first-order chi connectivity index (χ1) is 8.02. The number of nitrogens with zero attached hydrogens (tertiary/aromatic N) is 1. The van der Waals surface area contributed by atoms with Gasteiger partial charge < -0.3 is 0 Å². The largest absolute Gasteiger partial charge is 0.332 e. The molecule has 5 heteroatoms. The standard InChI is InChI=1S/C12H12N2O3/c1-7-5-3-4-6-9(7)8(2)14-11(16)10(15)13-12(14)17/h3-6,8H,1-2H3,(H,13,15,17). The number of nitrogens with one attached hydrogen (secondary N) is 1. The molecule has 17 heavy (non-hydrogen) atoms. The molecule has 0 saturated carbocycles. The van der Waals surface area contributed by atoms with Crippen LogP contribution >= 0.6 is 0 Å². The number of urea groups is 1. The number of carbonyl (C=O) groups excluding carboxylic acids is 3. The van der Waals surface area contributed by atoms with Gasteiger partial charge in [0.15, 0.2) is 0 Å². The molecule has 88 valence electrons. The number of amides is 4. The van der Waals surface area contributed by atoms with Gasteiger partial charge in [-0.15, -0.1) is 0 Å². The summed E-state index contributed by atoms with van der Waals surface area (Å²) in [4.78, 5) is 35.1. The average molecular weight is 232 g/mol. The number of hydrogen-bond acceptors (Lipinski definition) is 3. The maximum atomic E-state index is 11.5. The van der Waals surface area contributed by atoms with E-state index < -0.39 is 23.9 Å². The second kappa shape index (κ2) is 4.01. The summed E-state index contributed by atoms with van der Waals surface area (Å²) in [7, 11) is 0. The van der Waals surface area contributed by atoms with Gasteiger partial charge in [-0.1, -0.05) is 24.3 Å². The first-order valence-corrected chi connectivity index (χ1v) is 5.26. The summed E-state index contributed by atoms with van der Waals surface area (Å²) in [6, 6.07) is 6.34. The van der Waals surface area contributed by atoms with E-state index in [4.69, 9.17) is 0 Å². The quantitative estimate of drug-likeness (QED) is 0.614. The molecule has 0 aromatic heterocycles. The van der Waals surface area contributed by atoms with Crippen LogP contribution in [-0.4, -0.2) is 22.7 Å². The van der Waals surface area contributed by atoms with Crippen LogP contribution in [0.5, 0.6) is 0 Å². The summed E-state index contributed by atoms with van der Waals surface area (Å²) < 4.78 is 0. The Morgan fingerprint density at radius 1 is 1.18 bits per heavy atom. The van der Waals surface area contributed by atoms with Gasteiger partial charge in [0.1, 0.15) is 0 Å². The van der Waals surface area contributed by atoms with Crippen LogP contribution in [0.1, 0.15) is 24.1 Å². The van der Waals surface area contributed by atoms with E-state index >= 15 is 0 Å². The van der Waals surface area contributed by atoms with Crippen LogP contribution < -0.4 is 5.32 Å². The van der Waals surface area contributed by atoms with E-state index in [1.807, 2.05) is 36.5 Å². The summed E-state index contributed by atoms with van der Waals surface area (Å²) in [5.41, 5.74) is 1.82. The second-order valence-corrected chi connectivity index (χ2v) is 3.97. The molecule has 0 aliphatic carbocycles. The number of rotatable bonds is 2. The van der Waals surface area contributed by atoms with Crippen molar-refractivity contribution in [3.63, 3.8) is 0 Å². The van der Waals surface area contributed by atoms with Crippen LogP contribution in [0, 0.1) is 6.92 Å². The highest BCUT2D eigenvalue weighted by molar-refractivity contribution is 6.44. The van der Waals surface area contributed by atoms with Crippen molar-refractivity contribution in [1.29, 1.82) is 0 Å². The normalized spacial score (nSPS) is 17.3. The molecule has 1 aromatic rings. The lowest BCUT2D eigenvalue weighted by Gasteiger charge is -2.22. The third-order valence-electron chi connectivity index (χ3n) is 2.88. The molecule has 1 fully saturated rings. The lowest BCUT2D eigenvalue weighted by Crippen LogP contribution is -2.34. The smallest absolute Gasteiger partial charge is 0.269 e. The fourth-order valence-electron chi connectivity index (χ4n) is 1.96. The summed E-state index contributed by atoms with van der Waals surface area (Å²) in [5.74, 6) is -1.67. The lowest BCUT2D eigenvalue weighted by molar-refractivity contribution is -0.141. The summed E-state index contributed by atoms with van der Waals surface area (Å²) in [6.45, 7) is 3.62. The van der Waals surface area contributed by atoms with Crippen molar-refractivity contribution >= 4 is 17.8 Å². The van der Waals surface area contributed by atoms with Gasteiger partial charge in [0, 0.05) is 0 Å². The first-order valence-electron chi connectivity index (χ1n) is 5.26. The van der Waals surface area contributed by atoms with Gasteiger partial charge in [-0.3, -0.25) is 14.9 Å².